The number of hydrogen-bond acceptors (Lipinski definition) is 3. The lowest BCUT2D eigenvalue weighted by Crippen LogP contribution is -2.53. The van der Waals surface area contributed by atoms with E-state index in [-0.39, 0.29) is 36.0 Å². The van der Waals surface area contributed by atoms with Gasteiger partial charge in [-0.1, -0.05) is 23.7 Å². The number of guanidine groups is 1. The first-order valence-corrected chi connectivity index (χ1v) is 9.00. The monoisotopic (exact) mass is 494 g/mol. The summed E-state index contributed by atoms with van der Waals surface area (Å²) < 4.78 is 5.59. The molecule has 146 valence electrons. The molecule has 6 nitrogen and oxygen atoms in total. The van der Waals surface area contributed by atoms with Gasteiger partial charge in [-0.2, -0.15) is 0 Å². The number of carbonyl (C=O) groups is 1. The van der Waals surface area contributed by atoms with Crippen LogP contribution in [-0.2, 0) is 9.53 Å². The molecule has 0 radical (unpaired) electrons. The van der Waals surface area contributed by atoms with Crippen LogP contribution in [-0.4, -0.2) is 68.0 Å². The van der Waals surface area contributed by atoms with E-state index in [4.69, 9.17) is 21.3 Å². The smallest absolute Gasteiger partial charge is 0.219 e. The molecule has 1 aromatic carbocycles. The maximum atomic E-state index is 11.5. The molecule has 1 aliphatic rings. The Balaban J connectivity index is 0.00000338. The van der Waals surface area contributed by atoms with Crippen molar-refractivity contribution in [3.8, 4) is 0 Å². The normalized spacial score (nSPS) is 16.1. The molecule has 0 aliphatic carbocycles. The Morgan fingerprint density at radius 1 is 1.31 bits per heavy atom. The Kier molecular flexibility index (Phi) is 10.3. The van der Waals surface area contributed by atoms with E-state index >= 15 is 0 Å². The van der Waals surface area contributed by atoms with Crippen LogP contribution in [0.3, 0.4) is 0 Å². The number of methoxy groups -OCH3 is 1. The molecule has 26 heavy (non-hydrogen) atoms. The molecule has 2 rings (SSSR count). The highest BCUT2D eigenvalue weighted by Crippen LogP contribution is 2.20. The Bertz CT molecular complexity index is 607. The van der Waals surface area contributed by atoms with E-state index in [1.807, 2.05) is 36.1 Å². The van der Waals surface area contributed by atoms with Gasteiger partial charge in [0.25, 0.3) is 0 Å². The number of halogens is 2. The molecule has 0 aromatic heterocycles. The fourth-order valence-electron chi connectivity index (χ4n) is 2.85. The summed E-state index contributed by atoms with van der Waals surface area (Å²) in [5.74, 6) is 0.983. The van der Waals surface area contributed by atoms with Crippen LogP contribution < -0.4 is 5.32 Å². The SMILES string of the molecule is CCNC(=NCC(OC)c1cccc(Cl)c1)N1CCN(C(C)=O)CC1.I. The van der Waals surface area contributed by atoms with Crippen molar-refractivity contribution in [2.75, 3.05) is 46.4 Å². The third-order valence-electron chi connectivity index (χ3n) is 4.27. The zero-order valence-electron chi connectivity index (χ0n) is 15.6. The summed E-state index contributed by atoms with van der Waals surface area (Å²) in [4.78, 5) is 20.3. The van der Waals surface area contributed by atoms with Crippen molar-refractivity contribution in [1.29, 1.82) is 0 Å². The second-order valence-electron chi connectivity index (χ2n) is 5.97. The molecule has 1 aromatic rings. The molecular formula is C18H28ClIN4O2. The first-order chi connectivity index (χ1) is 12.0. The number of nitrogens with zero attached hydrogens (tertiary/aromatic N) is 3. The van der Waals surface area contributed by atoms with E-state index in [1.165, 1.54) is 0 Å². The number of aliphatic imine (C=N–C) groups is 1. The molecule has 1 fully saturated rings. The number of ether oxygens (including phenoxy) is 1. The zero-order valence-corrected chi connectivity index (χ0v) is 18.7. The zero-order chi connectivity index (χ0) is 18.2. The number of rotatable bonds is 5. The predicted molar refractivity (Wildman–Crippen MR) is 116 cm³/mol. The Morgan fingerprint density at radius 2 is 1.96 bits per heavy atom. The molecule has 1 atom stereocenters. The van der Waals surface area contributed by atoms with E-state index in [2.05, 4.69) is 10.2 Å². The molecule has 1 aliphatic heterocycles. The largest absolute Gasteiger partial charge is 0.375 e. The summed E-state index contributed by atoms with van der Waals surface area (Å²) >= 11 is 6.08. The number of amides is 1. The highest BCUT2D eigenvalue weighted by molar-refractivity contribution is 14.0. The van der Waals surface area contributed by atoms with Gasteiger partial charge in [0, 0.05) is 51.8 Å². The van der Waals surface area contributed by atoms with Gasteiger partial charge in [0.05, 0.1) is 6.54 Å². The third kappa shape index (κ3) is 6.59. The minimum Gasteiger partial charge on any atom is -0.375 e. The van der Waals surface area contributed by atoms with E-state index in [1.54, 1.807) is 14.0 Å². The van der Waals surface area contributed by atoms with Crippen molar-refractivity contribution < 1.29 is 9.53 Å². The van der Waals surface area contributed by atoms with Gasteiger partial charge in [0.2, 0.25) is 5.91 Å². The third-order valence-corrected chi connectivity index (χ3v) is 4.51. The van der Waals surface area contributed by atoms with Crippen molar-refractivity contribution in [2.45, 2.75) is 20.0 Å². The van der Waals surface area contributed by atoms with Gasteiger partial charge in [-0.3, -0.25) is 9.79 Å². The molecule has 1 heterocycles. The van der Waals surface area contributed by atoms with Crippen molar-refractivity contribution in [1.82, 2.24) is 15.1 Å². The topological polar surface area (TPSA) is 57.2 Å². The molecule has 0 saturated carbocycles. The quantitative estimate of drug-likeness (QED) is 0.389. The summed E-state index contributed by atoms with van der Waals surface area (Å²) in [5.41, 5.74) is 1.01. The highest BCUT2D eigenvalue weighted by atomic mass is 127. The van der Waals surface area contributed by atoms with Crippen LogP contribution in [0.4, 0.5) is 0 Å². The number of nitrogens with one attached hydrogen (secondary N) is 1. The lowest BCUT2D eigenvalue weighted by Gasteiger charge is -2.36. The standard InChI is InChI=1S/C18H27ClN4O2.HI/c1-4-20-18(23-10-8-22(9-11-23)14(2)24)21-13-17(25-3)15-6-5-7-16(19)12-15;/h5-7,12,17H,4,8-11,13H2,1-3H3,(H,20,21);1H. The summed E-state index contributed by atoms with van der Waals surface area (Å²) in [6.45, 7) is 7.96. The van der Waals surface area contributed by atoms with Crippen LogP contribution in [0.2, 0.25) is 5.02 Å². The number of benzene rings is 1. The Morgan fingerprint density at radius 3 is 2.50 bits per heavy atom. The predicted octanol–water partition coefficient (Wildman–Crippen LogP) is 2.78. The van der Waals surface area contributed by atoms with Gasteiger partial charge >= 0.3 is 0 Å². The summed E-state index contributed by atoms with van der Waals surface area (Å²) in [6.07, 6.45) is -0.147. The van der Waals surface area contributed by atoms with Crippen molar-refractivity contribution in [3.05, 3.63) is 34.9 Å². The lowest BCUT2D eigenvalue weighted by molar-refractivity contribution is -0.130. The van der Waals surface area contributed by atoms with Gasteiger partial charge in [0.1, 0.15) is 6.10 Å². The fraction of sp³-hybridized carbons (Fsp3) is 0.556. The van der Waals surface area contributed by atoms with Crippen molar-refractivity contribution in [3.63, 3.8) is 0 Å². The fourth-order valence-corrected chi connectivity index (χ4v) is 3.05. The summed E-state index contributed by atoms with van der Waals surface area (Å²) in [6, 6.07) is 7.66. The minimum absolute atomic E-state index is 0. The molecule has 1 unspecified atom stereocenters. The molecule has 1 saturated heterocycles. The lowest BCUT2D eigenvalue weighted by atomic mass is 10.1. The van der Waals surface area contributed by atoms with Gasteiger partial charge in [-0.05, 0) is 24.6 Å². The van der Waals surface area contributed by atoms with E-state index in [0.717, 1.165) is 44.2 Å². The molecular weight excluding hydrogens is 467 g/mol. The van der Waals surface area contributed by atoms with Crippen molar-refractivity contribution >= 4 is 47.4 Å². The van der Waals surface area contributed by atoms with E-state index < -0.39 is 0 Å². The van der Waals surface area contributed by atoms with E-state index in [0.29, 0.717) is 11.6 Å². The molecule has 1 N–H and O–H groups in total. The average molecular weight is 495 g/mol. The Labute approximate surface area is 177 Å². The number of carbonyl (C=O) groups excluding carboxylic acids is 1. The molecule has 8 heteroatoms. The van der Waals surface area contributed by atoms with Crippen LogP contribution in [0.25, 0.3) is 0 Å². The number of hydrogen-bond donors (Lipinski definition) is 1. The van der Waals surface area contributed by atoms with Gasteiger partial charge in [0.15, 0.2) is 5.96 Å². The van der Waals surface area contributed by atoms with Crippen LogP contribution in [0.1, 0.15) is 25.5 Å². The second kappa shape index (κ2) is 11.6. The minimum atomic E-state index is -0.147. The molecule has 1 amide bonds. The van der Waals surface area contributed by atoms with Crippen LogP contribution in [0.5, 0.6) is 0 Å². The maximum absolute atomic E-state index is 11.5. The van der Waals surface area contributed by atoms with Gasteiger partial charge < -0.3 is 19.9 Å². The first kappa shape index (κ1) is 23.0. The summed E-state index contributed by atoms with van der Waals surface area (Å²) in [5, 5.41) is 4.02. The first-order valence-electron chi connectivity index (χ1n) is 8.62. The average Bonchev–Trinajstić information content (AvgIpc) is 2.61. The number of piperazine rings is 1. The van der Waals surface area contributed by atoms with Crippen LogP contribution in [0.15, 0.2) is 29.3 Å². The van der Waals surface area contributed by atoms with Gasteiger partial charge in [-0.15, -0.1) is 24.0 Å². The van der Waals surface area contributed by atoms with Gasteiger partial charge in [-0.25, -0.2) is 0 Å². The van der Waals surface area contributed by atoms with Crippen LogP contribution >= 0.6 is 35.6 Å². The Hall–Kier alpha value is -1.06. The highest BCUT2D eigenvalue weighted by Gasteiger charge is 2.21. The summed E-state index contributed by atoms with van der Waals surface area (Å²) in [7, 11) is 1.68. The second-order valence-corrected chi connectivity index (χ2v) is 6.40. The molecule has 0 spiro atoms. The molecule has 0 bridgehead atoms. The maximum Gasteiger partial charge on any atom is 0.219 e. The van der Waals surface area contributed by atoms with E-state index in [9.17, 15) is 4.79 Å². The van der Waals surface area contributed by atoms with Crippen LogP contribution in [0, 0.1) is 0 Å². The van der Waals surface area contributed by atoms with Crippen molar-refractivity contribution in [2.24, 2.45) is 4.99 Å².